The summed E-state index contributed by atoms with van der Waals surface area (Å²) in [5, 5.41) is 10.5. The molecule has 2 aromatic carbocycles. The van der Waals surface area contributed by atoms with Crippen molar-refractivity contribution in [2.45, 2.75) is 18.4 Å². The lowest BCUT2D eigenvalue weighted by Gasteiger charge is -2.37. The first-order chi connectivity index (χ1) is 11.9. The maximum absolute atomic E-state index is 4.04. The summed E-state index contributed by atoms with van der Waals surface area (Å²) >= 11 is 0. The Kier molecular flexibility index (Phi) is 3.00. The smallest absolute Gasteiger partial charge is 0.0628 e. The van der Waals surface area contributed by atoms with Crippen LogP contribution in [0.15, 0.2) is 60.9 Å². The van der Waals surface area contributed by atoms with E-state index in [2.05, 4.69) is 68.9 Å². The van der Waals surface area contributed by atoms with E-state index >= 15 is 0 Å². The van der Waals surface area contributed by atoms with E-state index in [4.69, 9.17) is 0 Å². The minimum Gasteiger partial charge on any atom is -0.333 e. The number of fused-ring (bicyclic) bond motifs is 1. The van der Waals surface area contributed by atoms with Crippen molar-refractivity contribution >= 4 is 11.4 Å². The minimum atomic E-state index is 0.181. The van der Waals surface area contributed by atoms with E-state index in [0.717, 1.165) is 25.1 Å². The molecule has 2 N–H and O–H groups in total. The summed E-state index contributed by atoms with van der Waals surface area (Å²) in [6, 6.07) is 17.7. The molecule has 120 valence electrons. The summed E-state index contributed by atoms with van der Waals surface area (Å²) in [4.78, 5) is 2.56. The fourth-order valence-corrected chi connectivity index (χ4v) is 4.26. The molecule has 3 heterocycles. The van der Waals surface area contributed by atoms with Gasteiger partial charge in [-0.3, -0.25) is 5.10 Å². The summed E-state index contributed by atoms with van der Waals surface area (Å²) in [5.74, 6) is 0. The number of benzene rings is 2. The quantitative estimate of drug-likeness (QED) is 0.760. The highest BCUT2D eigenvalue weighted by Gasteiger charge is 2.46. The molecule has 0 radical (unpaired) electrons. The number of rotatable bonds is 2. The van der Waals surface area contributed by atoms with Crippen molar-refractivity contribution in [2.75, 3.05) is 18.0 Å². The van der Waals surface area contributed by atoms with Crippen molar-refractivity contribution in [3.8, 4) is 11.1 Å². The molecule has 3 aromatic rings. The number of hydrogen-bond acceptors (Lipinski definition) is 3. The summed E-state index contributed by atoms with van der Waals surface area (Å²) in [6.45, 7) is 2.14. The minimum absolute atomic E-state index is 0.181. The molecule has 1 spiro atoms. The second-order valence-electron chi connectivity index (χ2n) is 6.83. The predicted molar refractivity (Wildman–Crippen MR) is 96.5 cm³/mol. The van der Waals surface area contributed by atoms with Gasteiger partial charge in [-0.2, -0.15) is 5.10 Å². The van der Waals surface area contributed by atoms with Crippen LogP contribution < -0.4 is 10.2 Å². The second kappa shape index (κ2) is 5.21. The van der Waals surface area contributed by atoms with Crippen LogP contribution in [-0.4, -0.2) is 28.8 Å². The number of para-hydroxylation sites is 1. The fourth-order valence-electron chi connectivity index (χ4n) is 4.26. The third-order valence-electron chi connectivity index (χ3n) is 5.40. The maximum Gasteiger partial charge on any atom is 0.0628 e. The van der Waals surface area contributed by atoms with Gasteiger partial charge in [0.1, 0.15) is 0 Å². The first-order valence-electron chi connectivity index (χ1n) is 8.54. The second-order valence-corrected chi connectivity index (χ2v) is 6.83. The zero-order valence-electron chi connectivity index (χ0n) is 13.5. The highest BCUT2D eigenvalue weighted by molar-refractivity contribution is 5.75. The van der Waals surface area contributed by atoms with Crippen LogP contribution >= 0.6 is 0 Å². The zero-order chi connectivity index (χ0) is 16.0. The van der Waals surface area contributed by atoms with E-state index in [1.165, 1.54) is 28.9 Å². The van der Waals surface area contributed by atoms with E-state index in [1.807, 2.05) is 12.4 Å². The van der Waals surface area contributed by atoms with Gasteiger partial charge >= 0.3 is 0 Å². The van der Waals surface area contributed by atoms with Gasteiger partial charge in [-0.15, -0.1) is 0 Å². The van der Waals surface area contributed by atoms with Crippen LogP contribution in [0.1, 0.15) is 12.0 Å². The molecule has 1 fully saturated rings. The molecular weight excluding hydrogens is 296 g/mol. The van der Waals surface area contributed by atoms with E-state index in [0.29, 0.717) is 0 Å². The standard InChI is InChI=1S/C20H20N4/c1-2-4-19-16(3-1)11-20(9-10-21-14-20)24(19)18-7-5-15(6-8-18)17-12-22-23-13-17/h1-8,12-13,21H,9-11,14H2,(H,22,23). The number of H-pyrrole nitrogens is 1. The van der Waals surface area contributed by atoms with Crippen LogP contribution in [-0.2, 0) is 6.42 Å². The number of nitrogens with one attached hydrogen (secondary N) is 2. The van der Waals surface area contributed by atoms with Gasteiger partial charge in [0.05, 0.1) is 11.7 Å². The average molecular weight is 316 g/mol. The Bertz CT molecular complexity index is 846. The summed E-state index contributed by atoms with van der Waals surface area (Å²) in [5.41, 5.74) is 6.59. The van der Waals surface area contributed by atoms with Crippen molar-refractivity contribution in [1.29, 1.82) is 0 Å². The van der Waals surface area contributed by atoms with Gasteiger partial charge in [0.2, 0.25) is 0 Å². The van der Waals surface area contributed by atoms with Crippen molar-refractivity contribution in [3.63, 3.8) is 0 Å². The topological polar surface area (TPSA) is 44.0 Å². The zero-order valence-corrected chi connectivity index (χ0v) is 13.5. The molecular formula is C20H20N4. The van der Waals surface area contributed by atoms with Crippen LogP contribution in [0.2, 0.25) is 0 Å². The highest BCUT2D eigenvalue weighted by Crippen LogP contribution is 2.46. The summed E-state index contributed by atoms with van der Waals surface area (Å²) in [6.07, 6.45) is 6.11. The van der Waals surface area contributed by atoms with Crippen molar-refractivity contribution in [2.24, 2.45) is 0 Å². The van der Waals surface area contributed by atoms with Crippen molar-refractivity contribution < 1.29 is 0 Å². The molecule has 4 heteroatoms. The van der Waals surface area contributed by atoms with Gasteiger partial charge in [-0.25, -0.2) is 0 Å². The lowest BCUT2D eigenvalue weighted by Crippen LogP contribution is -2.45. The van der Waals surface area contributed by atoms with Gasteiger partial charge in [0.25, 0.3) is 0 Å². The highest BCUT2D eigenvalue weighted by atomic mass is 15.3. The lowest BCUT2D eigenvalue weighted by atomic mass is 9.92. The van der Waals surface area contributed by atoms with Crippen LogP contribution in [0.4, 0.5) is 11.4 Å². The first-order valence-corrected chi connectivity index (χ1v) is 8.54. The third-order valence-corrected chi connectivity index (χ3v) is 5.40. The van der Waals surface area contributed by atoms with E-state index in [-0.39, 0.29) is 5.54 Å². The first kappa shape index (κ1) is 13.8. The monoisotopic (exact) mass is 316 g/mol. The average Bonchev–Trinajstić information content (AvgIpc) is 3.35. The number of aromatic nitrogens is 2. The van der Waals surface area contributed by atoms with Gasteiger partial charge < -0.3 is 10.2 Å². The predicted octanol–water partition coefficient (Wildman–Crippen LogP) is 3.50. The Labute approximate surface area is 141 Å². The molecule has 1 unspecified atom stereocenters. The van der Waals surface area contributed by atoms with Gasteiger partial charge in [-0.1, -0.05) is 30.3 Å². The Morgan fingerprint density at radius 1 is 1.00 bits per heavy atom. The molecule has 1 atom stereocenters. The Hall–Kier alpha value is -2.59. The van der Waals surface area contributed by atoms with Gasteiger partial charge in [-0.05, 0) is 48.7 Å². The molecule has 0 amide bonds. The molecule has 4 nitrogen and oxygen atoms in total. The van der Waals surface area contributed by atoms with E-state index < -0.39 is 0 Å². The summed E-state index contributed by atoms with van der Waals surface area (Å²) in [7, 11) is 0. The molecule has 1 aromatic heterocycles. The molecule has 1 saturated heterocycles. The molecule has 2 aliphatic rings. The molecule has 5 rings (SSSR count). The normalized spacial score (nSPS) is 22.2. The molecule has 0 aliphatic carbocycles. The third kappa shape index (κ3) is 2.00. The van der Waals surface area contributed by atoms with Crippen LogP contribution in [0, 0.1) is 0 Å². The van der Waals surface area contributed by atoms with Crippen molar-refractivity contribution in [3.05, 3.63) is 66.5 Å². The lowest BCUT2D eigenvalue weighted by molar-refractivity contribution is 0.481. The Morgan fingerprint density at radius 3 is 2.62 bits per heavy atom. The molecule has 0 saturated carbocycles. The Balaban J connectivity index is 1.58. The number of aromatic amines is 1. The molecule has 24 heavy (non-hydrogen) atoms. The fraction of sp³-hybridized carbons (Fsp3) is 0.250. The number of anilines is 2. The van der Waals surface area contributed by atoms with E-state index in [9.17, 15) is 0 Å². The number of nitrogens with zero attached hydrogens (tertiary/aromatic N) is 2. The Morgan fingerprint density at radius 2 is 1.88 bits per heavy atom. The summed E-state index contributed by atoms with van der Waals surface area (Å²) < 4.78 is 0. The van der Waals surface area contributed by atoms with Crippen LogP contribution in [0.25, 0.3) is 11.1 Å². The maximum atomic E-state index is 4.04. The molecule has 0 bridgehead atoms. The van der Waals surface area contributed by atoms with Gasteiger partial charge in [0.15, 0.2) is 0 Å². The largest absolute Gasteiger partial charge is 0.333 e. The SMILES string of the molecule is c1ccc2c(c1)CC1(CCNC1)N2c1ccc(-c2cn[nH]c2)cc1. The van der Waals surface area contributed by atoms with Crippen LogP contribution in [0.5, 0.6) is 0 Å². The molecule has 2 aliphatic heterocycles. The van der Waals surface area contributed by atoms with Crippen LogP contribution in [0.3, 0.4) is 0 Å². The van der Waals surface area contributed by atoms with Gasteiger partial charge in [0, 0.05) is 29.7 Å². The number of hydrogen-bond donors (Lipinski definition) is 2. The van der Waals surface area contributed by atoms with E-state index in [1.54, 1.807) is 0 Å². The van der Waals surface area contributed by atoms with Crippen molar-refractivity contribution in [1.82, 2.24) is 15.5 Å².